The van der Waals surface area contributed by atoms with Gasteiger partial charge in [-0.25, -0.2) is 0 Å². The highest BCUT2D eigenvalue weighted by Gasteiger charge is 2.10. The van der Waals surface area contributed by atoms with Crippen LogP contribution >= 0.6 is 0 Å². The van der Waals surface area contributed by atoms with Gasteiger partial charge in [-0.05, 0) is 56.3 Å². The van der Waals surface area contributed by atoms with Gasteiger partial charge >= 0.3 is 0 Å². The van der Waals surface area contributed by atoms with Gasteiger partial charge in [-0.3, -0.25) is 0 Å². The first kappa shape index (κ1) is 16.2. The first-order valence-electron chi connectivity index (χ1n) is 8.03. The van der Waals surface area contributed by atoms with Crippen molar-refractivity contribution < 1.29 is 0 Å². The average molecular weight is 261 g/mol. The molecule has 0 spiro atoms. The van der Waals surface area contributed by atoms with Crippen molar-refractivity contribution in [1.82, 2.24) is 5.32 Å². The fourth-order valence-electron chi connectivity index (χ4n) is 2.59. The maximum Gasteiger partial charge on any atom is -0.00173 e. The van der Waals surface area contributed by atoms with Crippen LogP contribution in [0.5, 0.6) is 0 Å². The Morgan fingerprint density at radius 3 is 2.53 bits per heavy atom. The molecule has 1 heteroatoms. The molecule has 19 heavy (non-hydrogen) atoms. The van der Waals surface area contributed by atoms with Crippen LogP contribution in [0.15, 0.2) is 24.3 Å². The van der Waals surface area contributed by atoms with Crippen molar-refractivity contribution in [3.05, 3.63) is 35.4 Å². The summed E-state index contributed by atoms with van der Waals surface area (Å²) in [5.74, 6) is 0.791. The zero-order valence-electron chi connectivity index (χ0n) is 13.0. The van der Waals surface area contributed by atoms with Crippen molar-refractivity contribution in [1.29, 1.82) is 0 Å². The highest BCUT2D eigenvalue weighted by molar-refractivity contribution is 5.25. The van der Waals surface area contributed by atoms with Crippen LogP contribution in [0.3, 0.4) is 0 Å². The van der Waals surface area contributed by atoms with Crippen LogP contribution in [0.2, 0.25) is 0 Å². The number of benzene rings is 1. The van der Waals surface area contributed by atoms with E-state index in [1.165, 1.54) is 56.2 Å². The minimum absolute atomic E-state index is 0.791. The van der Waals surface area contributed by atoms with Gasteiger partial charge in [-0.15, -0.1) is 0 Å². The predicted molar refractivity (Wildman–Crippen MR) is 85.7 cm³/mol. The van der Waals surface area contributed by atoms with E-state index >= 15 is 0 Å². The summed E-state index contributed by atoms with van der Waals surface area (Å²) in [6.07, 6.45) is 7.89. The van der Waals surface area contributed by atoms with Gasteiger partial charge in [-0.1, -0.05) is 57.4 Å². The molecule has 0 saturated heterocycles. The second-order valence-electron chi connectivity index (χ2n) is 5.70. The lowest BCUT2D eigenvalue weighted by atomic mass is 9.91. The first-order valence-corrected chi connectivity index (χ1v) is 8.03. The second kappa shape index (κ2) is 10.0. The van der Waals surface area contributed by atoms with Crippen molar-refractivity contribution >= 4 is 0 Å². The maximum atomic E-state index is 3.60. The van der Waals surface area contributed by atoms with E-state index in [1.807, 2.05) is 0 Å². The minimum Gasteiger partial charge on any atom is -0.316 e. The van der Waals surface area contributed by atoms with Gasteiger partial charge in [0.2, 0.25) is 0 Å². The quantitative estimate of drug-likeness (QED) is 0.600. The van der Waals surface area contributed by atoms with E-state index in [1.54, 1.807) is 0 Å². The van der Waals surface area contributed by atoms with Crippen LogP contribution in [0.4, 0.5) is 0 Å². The van der Waals surface area contributed by atoms with E-state index in [-0.39, 0.29) is 0 Å². The fraction of sp³-hybridized carbons (Fsp3) is 0.667. The van der Waals surface area contributed by atoms with E-state index in [2.05, 4.69) is 50.4 Å². The Morgan fingerprint density at radius 2 is 1.84 bits per heavy atom. The molecule has 1 unspecified atom stereocenters. The Hall–Kier alpha value is -0.820. The summed E-state index contributed by atoms with van der Waals surface area (Å²) in [6.45, 7) is 9.08. The molecular weight excluding hydrogens is 230 g/mol. The van der Waals surface area contributed by atoms with E-state index in [0.717, 1.165) is 12.5 Å². The lowest BCUT2D eigenvalue weighted by Crippen LogP contribution is -2.25. The molecule has 0 saturated carbocycles. The molecule has 1 aromatic rings. The van der Waals surface area contributed by atoms with Gasteiger partial charge in [0, 0.05) is 0 Å². The van der Waals surface area contributed by atoms with Crippen LogP contribution in [0, 0.1) is 12.8 Å². The molecule has 0 radical (unpaired) electrons. The molecule has 0 aliphatic heterocycles. The van der Waals surface area contributed by atoms with E-state index < -0.39 is 0 Å². The van der Waals surface area contributed by atoms with Gasteiger partial charge < -0.3 is 5.32 Å². The molecule has 1 rings (SSSR count). The topological polar surface area (TPSA) is 12.0 Å². The van der Waals surface area contributed by atoms with Crippen LogP contribution in [0.25, 0.3) is 0 Å². The molecule has 0 aliphatic carbocycles. The summed E-state index contributed by atoms with van der Waals surface area (Å²) in [7, 11) is 0. The van der Waals surface area contributed by atoms with Gasteiger partial charge in [0.1, 0.15) is 0 Å². The molecule has 0 bridgehead atoms. The smallest absolute Gasteiger partial charge is 0.00173 e. The molecule has 0 fully saturated rings. The van der Waals surface area contributed by atoms with E-state index in [4.69, 9.17) is 0 Å². The first-order chi connectivity index (χ1) is 9.27. The standard InChI is InChI=1S/C18H31N/c1-4-6-7-11-17(15-19-13-5-2)14-18-12-9-8-10-16(18)3/h8-10,12,17,19H,4-7,11,13-15H2,1-3H3. The Kier molecular flexibility index (Phi) is 8.57. The van der Waals surface area contributed by atoms with Crippen LogP contribution in [-0.2, 0) is 6.42 Å². The summed E-state index contributed by atoms with van der Waals surface area (Å²) in [5, 5.41) is 3.60. The summed E-state index contributed by atoms with van der Waals surface area (Å²) in [6, 6.07) is 8.84. The largest absolute Gasteiger partial charge is 0.316 e. The molecule has 0 amide bonds. The number of unbranched alkanes of at least 4 members (excludes halogenated alkanes) is 2. The Balaban J connectivity index is 2.49. The third-order valence-corrected chi connectivity index (χ3v) is 3.85. The Labute approximate surface area is 119 Å². The molecular formula is C18H31N. The average Bonchev–Trinajstić information content (AvgIpc) is 2.41. The number of hydrogen-bond donors (Lipinski definition) is 1. The molecule has 0 heterocycles. The lowest BCUT2D eigenvalue weighted by molar-refractivity contribution is 0.423. The van der Waals surface area contributed by atoms with Crippen LogP contribution < -0.4 is 5.32 Å². The van der Waals surface area contributed by atoms with Crippen molar-refractivity contribution in [3.8, 4) is 0 Å². The summed E-state index contributed by atoms with van der Waals surface area (Å²) in [5.41, 5.74) is 2.97. The van der Waals surface area contributed by atoms with Gasteiger partial charge in [-0.2, -0.15) is 0 Å². The minimum atomic E-state index is 0.791. The molecule has 1 nitrogen and oxygen atoms in total. The molecule has 108 valence electrons. The maximum absolute atomic E-state index is 3.60. The monoisotopic (exact) mass is 261 g/mol. The highest BCUT2D eigenvalue weighted by atomic mass is 14.8. The molecule has 0 aromatic heterocycles. The Morgan fingerprint density at radius 1 is 1.05 bits per heavy atom. The van der Waals surface area contributed by atoms with Crippen molar-refractivity contribution in [2.75, 3.05) is 13.1 Å². The number of rotatable bonds is 10. The normalized spacial score (nSPS) is 12.6. The summed E-state index contributed by atoms with van der Waals surface area (Å²) in [4.78, 5) is 0. The zero-order chi connectivity index (χ0) is 13.9. The number of hydrogen-bond acceptors (Lipinski definition) is 1. The molecule has 0 aliphatic rings. The molecule has 1 atom stereocenters. The van der Waals surface area contributed by atoms with Crippen LogP contribution in [0.1, 0.15) is 57.1 Å². The van der Waals surface area contributed by atoms with Gasteiger partial charge in [0.25, 0.3) is 0 Å². The summed E-state index contributed by atoms with van der Waals surface area (Å²) < 4.78 is 0. The third kappa shape index (κ3) is 6.77. The van der Waals surface area contributed by atoms with Crippen molar-refractivity contribution in [3.63, 3.8) is 0 Å². The SMILES string of the molecule is CCCCCC(CNCCC)Cc1ccccc1C. The summed E-state index contributed by atoms with van der Waals surface area (Å²) >= 11 is 0. The lowest BCUT2D eigenvalue weighted by Gasteiger charge is -2.18. The third-order valence-electron chi connectivity index (χ3n) is 3.85. The van der Waals surface area contributed by atoms with Gasteiger partial charge in [0.15, 0.2) is 0 Å². The van der Waals surface area contributed by atoms with Crippen molar-refractivity contribution in [2.45, 2.75) is 59.3 Å². The Bertz CT molecular complexity index is 322. The second-order valence-corrected chi connectivity index (χ2v) is 5.70. The number of aryl methyl sites for hydroxylation is 1. The van der Waals surface area contributed by atoms with Crippen LogP contribution in [-0.4, -0.2) is 13.1 Å². The predicted octanol–water partition coefficient (Wildman–Crippen LogP) is 4.73. The number of nitrogens with one attached hydrogen (secondary N) is 1. The molecule has 1 N–H and O–H groups in total. The van der Waals surface area contributed by atoms with E-state index in [9.17, 15) is 0 Å². The zero-order valence-corrected chi connectivity index (χ0v) is 13.0. The van der Waals surface area contributed by atoms with Gasteiger partial charge in [0.05, 0.1) is 0 Å². The highest BCUT2D eigenvalue weighted by Crippen LogP contribution is 2.18. The molecule has 1 aromatic carbocycles. The fourth-order valence-corrected chi connectivity index (χ4v) is 2.59. The van der Waals surface area contributed by atoms with E-state index in [0.29, 0.717) is 0 Å². The van der Waals surface area contributed by atoms with Crippen molar-refractivity contribution in [2.24, 2.45) is 5.92 Å².